The molecule has 0 atom stereocenters. The van der Waals surface area contributed by atoms with Crippen molar-refractivity contribution in [1.82, 2.24) is 4.98 Å². The van der Waals surface area contributed by atoms with E-state index >= 15 is 0 Å². The van der Waals surface area contributed by atoms with Crippen molar-refractivity contribution in [1.29, 1.82) is 0 Å². The third-order valence-corrected chi connectivity index (χ3v) is 0.908. The highest BCUT2D eigenvalue weighted by molar-refractivity contribution is 8.93. The number of nitrogens with zero attached hydrogens (tertiary/aromatic N) is 1. The Labute approximate surface area is 85.0 Å². The summed E-state index contributed by atoms with van der Waals surface area (Å²) in [5.41, 5.74) is 0.220. The molecular weight excluding hydrogens is 278 g/mol. The third kappa shape index (κ3) is 4.10. The third-order valence-electron chi connectivity index (χ3n) is 0.908. The van der Waals surface area contributed by atoms with Gasteiger partial charge >= 0.3 is 5.97 Å². The van der Waals surface area contributed by atoms with Crippen molar-refractivity contribution in [3.63, 3.8) is 0 Å². The zero-order valence-corrected chi connectivity index (χ0v) is 8.85. The molecule has 1 aromatic heterocycles. The number of aromatic nitrogens is 1. The molecule has 1 heterocycles. The predicted molar refractivity (Wildman–Crippen MR) is 51.8 cm³/mol. The molecule has 1 rings (SSSR count). The highest BCUT2D eigenvalue weighted by Crippen LogP contribution is 1.92. The van der Waals surface area contributed by atoms with Crippen molar-refractivity contribution in [3.8, 4) is 0 Å². The van der Waals surface area contributed by atoms with Crippen molar-refractivity contribution in [2.24, 2.45) is 0 Å². The second-order valence-electron chi connectivity index (χ2n) is 1.55. The SMILES string of the molecule is Br.Br.O=C(O)c1cccnc1. The Morgan fingerprint density at radius 1 is 1.45 bits per heavy atom. The molecule has 0 saturated heterocycles. The molecule has 0 bridgehead atoms. The number of halogens is 2. The van der Waals surface area contributed by atoms with E-state index in [4.69, 9.17) is 5.11 Å². The molecule has 0 aromatic carbocycles. The highest BCUT2D eigenvalue weighted by Gasteiger charge is 1.97. The van der Waals surface area contributed by atoms with Crippen molar-refractivity contribution in [2.45, 2.75) is 0 Å². The largest absolute Gasteiger partial charge is 0.478 e. The number of hydrogen-bond acceptors (Lipinski definition) is 2. The summed E-state index contributed by atoms with van der Waals surface area (Å²) < 4.78 is 0. The summed E-state index contributed by atoms with van der Waals surface area (Å²) in [7, 11) is 0. The molecule has 1 aromatic rings. The first-order chi connectivity index (χ1) is 4.30. The zero-order chi connectivity index (χ0) is 6.69. The van der Waals surface area contributed by atoms with Gasteiger partial charge in [0.25, 0.3) is 0 Å². The minimum Gasteiger partial charge on any atom is -0.478 e. The fraction of sp³-hybridized carbons (Fsp3) is 0. The van der Waals surface area contributed by atoms with Gasteiger partial charge in [0, 0.05) is 12.4 Å². The molecule has 3 nitrogen and oxygen atoms in total. The number of hydrogen-bond donors (Lipinski definition) is 1. The van der Waals surface area contributed by atoms with Crippen molar-refractivity contribution in [2.75, 3.05) is 0 Å². The van der Waals surface area contributed by atoms with Gasteiger partial charge in [0.1, 0.15) is 0 Å². The fourth-order valence-corrected chi connectivity index (χ4v) is 0.489. The van der Waals surface area contributed by atoms with E-state index in [1.54, 1.807) is 6.07 Å². The van der Waals surface area contributed by atoms with E-state index in [9.17, 15) is 4.79 Å². The molecule has 0 aliphatic carbocycles. The predicted octanol–water partition coefficient (Wildman–Crippen LogP) is 1.94. The molecule has 62 valence electrons. The van der Waals surface area contributed by atoms with E-state index in [2.05, 4.69) is 4.98 Å². The first kappa shape index (κ1) is 13.2. The topological polar surface area (TPSA) is 50.2 Å². The van der Waals surface area contributed by atoms with E-state index in [0.29, 0.717) is 0 Å². The van der Waals surface area contributed by atoms with Crippen LogP contribution in [-0.2, 0) is 0 Å². The lowest BCUT2D eigenvalue weighted by atomic mass is 10.3. The highest BCUT2D eigenvalue weighted by atomic mass is 79.9. The Balaban J connectivity index is 0. The Hall–Kier alpha value is -0.420. The Morgan fingerprint density at radius 2 is 2.09 bits per heavy atom. The fourth-order valence-electron chi connectivity index (χ4n) is 0.489. The maximum Gasteiger partial charge on any atom is 0.337 e. The van der Waals surface area contributed by atoms with Gasteiger partial charge in [0.05, 0.1) is 5.56 Å². The number of carboxylic acid groups (broad SMARTS) is 1. The minimum absolute atomic E-state index is 0. The van der Waals surface area contributed by atoms with Crippen molar-refractivity contribution < 1.29 is 9.90 Å². The Morgan fingerprint density at radius 3 is 2.36 bits per heavy atom. The van der Waals surface area contributed by atoms with Crippen LogP contribution in [0.1, 0.15) is 10.4 Å². The van der Waals surface area contributed by atoms with E-state index in [0.717, 1.165) is 0 Å². The van der Waals surface area contributed by atoms with E-state index in [1.807, 2.05) is 0 Å². The zero-order valence-electron chi connectivity index (χ0n) is 5.43. The quantitative estimate of drug-likeness (QED) is 0.857. The van der Waals surface area contributed by atoms with Crippen molar-refractivity contribution >= 4 is 39.9 Å². The van der Waals surface area contributed by atoms with Gasteiger partial charge in [-0.3, -0.25) is 4.98 Å². The molecule has 0 saturated carbocycles. The molecule has 5 heteroatoms. The molecule has 0 amide bonds. The summed E-state index contributed by atoms with van der Waals surface area (Å²) in [5.74, 6) is -0.942. The van der Waals surface area contributed by atoms with Gasteiger partial charge in [-0.2, -0.15) is 0 Å². The van der Waals surface area contributed by atoms with Crippen LogP contribution in [0.15, 0.2) is 24.5 Å². The summed E-state index contributed by atoms with van der Waals surface area (Å²) in [6, 6.07) is 3.08. The van der Waals surface area contributed by atoms with Gasteiger partial charge in [0.15, 0.2) is 0 Å². The van der Waals surface area contributed by atoms with Gasteiger partial charge < -0.3 is 5.11 Å². The summed E-state index contributed by atoms with van der Waals surface area (Å²) in [4.78, 5) is 13.8. The summed E-state index contributed by atoms with van der Waals surface area (Å²) in [6.45, 7) is 0. The maximum absolute atomic E-state index is 10.2. The second kappa shape index (κ2) is 6.30. The number of carboxylic acids is 1. The first-order valence-electron chi connectivity index (χ1n) is 2.44. The van der Waals surface area contributed by atoms with E-state index in [-0.39, 0.29) is 39.5 Å². The number of aromatic carboxylic acids is 1. The minimum atomic E-state index is -0.942. The first-order valence-corrected chi connectivity index (χ1v) is 2.44. The molecule has 11 heavy (non-hydrogen) atoms. The number of pyridine rings is 1. The van der Waals surface area contributed by atoms with E-state index in [1.165, 1.54) is 18.5 Å². The second-order valence-corrected chi connectivity index (χ2v) is 1.55. The lowest BCUT2D eigenvalue weighted by Crippen LogP contribution is -1.94. The summed E-state index contributed by atoms with van der Waals surface area (Å²) in [5, 5.41) is 8.34. The molecule has 1 N–H and O–H groups in total. The van der Waals surface area contributed by atoms with Gasteiger partial charge in [-0.05, 0) is 12.1 Å². The monoisotopic (exact) mass is 283 g/mol. The van der Waals surface area contributed by atoms with Gasteiger partial charge in [-0.25, -0.2) is 4.79 Å². The maximum atomic E-state index is 10.2. The lowest BCUT2D eigenvalue weighted by Gasteiger charge is -1.87. The van der Waals surface area contributed by atoms with Gasteiger partial charge in [-0.1, -0.05) is 0 Å². The average Bonchev–Trinajstić information content (AvgIpc) is 1.90. The molecule has 0 aliphatic rings. The molecule has 0 aliphatic heterocycles. The summed E-state index contributed by atoms with van der Waals surface area (Å²) >= 11 is 0. The number of carbonyl (C=O) groups is 1. The van der Waals surface area contributed by atoms with Crippen LogP contribution in [0.5, 0.6) is 0 Å². The van der Waals surface area contributed by atoms with Gasteiger partial charge in [0.2, 0.25) is 0 Å². The van der Waals surface area contributed by atoms with Crippen LogP contribution in [0, 0.1) is 0 Å². The molecule has 0 radical (unpaired) electrons. The molecule has 0 spiro atoms. The lowest BCUT2D eigenvalue weighted by molar-refractivity contribution is 0.0696. The summed E-state index contributed by atoms with van der Waals surface area (Å²) in [6.07, 6.45) is 2.84. The standard InChI is InChI=1S/C6H5NO2.2BrH/c8-6(9)5-2-1-3-7-4-5;;/h1-4H,(H,8,9);2*1H. The van der Waals surface area contributed by atoms with Crippen LogP contribution >= 0.6 is 34.0 Å². The van der Waals surface area contributed by atoms with Crippen molar-refractivity contribution in [3.05, 3.63) is 30.1 Å². The van der Waals surface area contributed by atoms with Crippen LogP contribution < -0.4 is 0 Å². The smallest absolute Gasteiger partial charge is 0.337 e. The van der Waals surface area contributed by atoms with Gasteiger partial charge in [-0.15, -0.1) is 34.0 Å². The Bertz CT molecular complexity index is 215. The van der Waals surface area contributed by atoms with Crippen LogP contribution in [0.4, 0.5) is 0 Å². The van der Waals surface area contributed by atoms with E-state index < -0.39 is 5.97 Å². The van der Waals surface area contributed by atoms with Crippen LogP contribution in [0.2, 0.25) is 0 Å². The number of rotatable bonds is 1. The van der Waals surface area contributed by atoms with Crippen LogP contribution in [0.25, 0.3) is 0 Å². The normalized spacial score (nSPS) is 7.27. The molecule has 0 unspecified atom stereocenters. The molecule has 0 fully saturated rings. The average molecular weight is 285 g/mol. The Kier molecular flexibility index (Phi) is 7.55. The molecular formula is C6H7Br2NO2. The van der Waals surface area contributed by atoms with Crippen LogP contribution in [-0.4, -0.2) is 16.1 Å². The van der Waals surface area contributed by atoms with Crippen LogP contribution in [0.3, 0.4) is 0 Å².